The lowest BCUT2D eigenvalue weighted by Crippen LogP contribution is -2.36. The number of unbranched alkanes of at least 4 members (excludes halogenated alkanes) is 22. The number of nitrogens with zero attached hydrogens (tertiary/aromatic N) is 1. The number of aromatic amines is 1. The van der Waals surface area contributed by atoms with E-state index in [0.29, 0.717) is 0 Å². The average molecular weight is 504 g/mol. The van der Waals surface area contributed by atoms with E-state index in [9.17, 15) is 0 Å². The molecule has 212 valence electrons. The van der Waals surface area contributed by atoms with Crippen LogP contribution in [0.25, 0.3) is 0 Å². The normalized spacial score (nSPS) is 12.4. The van der Waals surface area contributed by atoms with Crippen molar-refractivity contribution in [3.63, 3.8) is 0 Å². The van der Waals surface area contributed by atoms with E-state index in [-0.39, 0.29) is 0 Å². The lowest BCUT2D eigenvalue weighted by Gasteiger charge is -2.14. The van der Waals surface area contributed by atoms with Gasteiger partial charge in [0.2, 0.25) is 0 Å². The highest BCUT2D eigenvalue weighted by Crippen LogP contribution is 2.26. The van der Waals surface area contributed by atoms with Crippen molar-refractivity contribution >= 4 is 0 Å². The highest BCUT2D eigenvalue weighted by atomic mass is 15.1. The third-order valence-corrected chi connectivity index (χ3v) is 8.33. The van der Waals surface area contributed by atoms with E-state index in [2.05, 4.69) is 42.7 Å². The molecule has 0 aliphatic heterocycles. The van der Waals surface area contributed by atoms with E-state index in [0.717, 1.165) is 12.5 Å². The predicted octanol–water partition coefficient (Wildman–Crippen LogP) is 11.6. The van der Waals surface area contributed by atoms with E-state index < -0.39 is 0 Å². The molecule has 0 bridgehead atoms. The molecule has 36 heavy (non-hydrogen) atoms. The Kier molecular flexibility index (Phi) is 23.9. The quantitative estimate of drug-likeness (QED) is 0.0866. The zero-order valence-corrected chi connectivity index (χ0v) is 25.3. The Morgan fingerprint density at radius 1 is 0.500 bits per heavy atom. The number of hydrogen-bond donors (Lipinski definition) is 1. The first-order valence-corrected chi connectivity index (χ1v) is 16.9. The van der Waals surface area contributed by atoms with Crippen molar-refractivity contribution < 1.29 is 4.57 Å². The molecule has 1 N–H and O–H groups in total. The number of aromatic nitrogens is 2. The summed E-state index contributed by atoms with van der Waals surface area (Å²) in [7, 11) is 0. The van der Waals surface area contributed by atoms with Crippen LogP contribution in [0, 0.1) is 0 Å². The van der Waals surface area contributed by atoms with Gasteiger partial charge in [-0.3, -0.25) is 0 Å². The van der Waals surface area contributed by atoms with Crippen molar-refractivity contribution in [2.45, 2.75) is 200 Å². The molecular formula is C34H67N2+. The monoisotopic (exact) mass is 504 g/mol. The molecule has 0 radical (unpaired) electrons. The van der Waals surface area contributed by atoms with Gasteiger partial charge in [0, 0.05) is 0 Å². The van der Waals surface area contributed by atoms with Crippen LogP contribution in [0.2, 0.25) is 0 Å². The summed E-state index contributed by atoms with van der Waals surface area (Å²) >= 11 is 0. The first-order valence-electron chi connectivity index (χ1n) is 16.9. The second kappa shape index (κ2) is 25.8. The minimum Gasteiger partial charge on any atom is -0.247 e. The van der Waals surface area contributed by atoms with Gasteiger partial charge < -0.3 is 0 Å². The second-order valence-electron chi connectivity index (χ2n) is 11.7. The van der Waals surface area contributed by atoms with E-state index in [1.165, 1.54) is 173 Å². The van der Waals surface area contributed by atoms with Crippen molar-refractivity contribution in [3.8, 4) is 0 Å². The van der Waals surface area contributed by atoms with Crippen LogP contribution in [0.1, 0.15) is 199 Å². The zero-order valence-electron chi connectivity index (χ0n) is 25.3. The third-order valence-electron chi connectivity index (χ3n) is 8.33. The zero-order chi connectivity index (χ0) is 25.9. The Bertz CT molecular complexity index is 549. The van der Waals surface area contributed by atoms with Gasteiger partial charge in [-0.2, -0.15) is 0 Å². The minimum atomic E-state index is 0.728. The Balaban J connectivity index is 2.08. The molecule has 1 rings (SSSR count). The average Bonchev–Trinajstić information content (AvgIpc) is 3.37. The molecule has 1 aromatic heterocycles. The number of H-pyrrole nitrogens is 1. The topological polar surface area (TPSA) is 19.7 Å². The van der Waals surface area contributed by atoms with Gasteiger partial charge in [-0.15, -0.1) is 0 Å². The highest BCUT2D eigenvalue weighted by molar-refractivity contribution is 4.90. The maximum absolute atomic E-state index is 3.60. The Hall–Kier alpha value is -0.790. The fourth-order valence-electron chi connectivity index (χ4n) is 5.89. The molecule has 0 aliphatic carbocycles. The first kappa shape index (κ1) is 33.2. The van der Waals surface area contributed by atoms with E-state index >= 15 is 0 Å². The molecule has 0 saturated carbocycles. The van der Waals surface area contributed by atoms with Crippen LogP contribution in [-0.2, 0) is 6.54 Å². The summed E-state index contributed by atoms with van der Waals surface area (Å²) in [6.45, 7) is 7.98. The summed E-state index contributed by atoms with van der Waals surface area (Å²) in [4.78, 5) is 3.60. The molecule has 1 atom stereocenters. The lowest BCUT2D eigenvalue weighted by molar-refractivity contribution is -0.701. The fourth-order valence-corrected chi connectivity index (χ4v) is 5.89. The molecule has 0 unspecified atom stereocenters. The molecule has 0 amide bonds. The fraction of sp³-hybridized carbons (Fsp3) is 0.912. The molecule has 0 saturated heterocycles. The number of aryl methyl sites for hydroxylation is 1. The molecule has 2 nitrogen and oxygen atoms in total. The highest BCUT2D eigenvalue weighted by Gasteiger charge is 2.21. The van der Waals surface area contributed by atoms with Crippen molar-refractivity contribution in [3.05, 3.63) is 18.2 Å². The third kappa shape index (κ3) is 18.5. The maximum Gasteiger partial charge on any atom is 0.257 e. The van der Waals surface area contributed by atoms with Gasteiger partial charge in [-0.25, -0.2) is 9.55 Å². The van der Waals surface area contributed by atoms with Crippen LogP contribution in [-0.4, -0.2) is 4.98 Å². The van der Waals surface area contributed by atoms with Crippen LogP contribution in [0.15, 0.2) is 12.4 Å². The minimum absolute atomic E-state index is 0.728. The summed E-state index contributed by atoms with van der Waals surface area (Å²) in [5, 5.41) is 0. The van der Waals surface area contributed by atoms with Crippen molar-refractivity contribution in [1.29, 1.82) is 0 Å². The molecule has 2 heteroatoms. The van der Waals surface area contributed by atoms with Gasteiger partial charge in [0.15, 0.2) is 0 Å². The van der Waals surface area contributed by atoms with Crippen LogP contribution < -0.4 is 4.57 Å². The smallest absolute Gasteiger partial charge is 0.247 e. The predicted molar refractivity (Wildman–Crippen MR) is 161 cm³/mol. The van der Waals surface area contributed by atoms with Crippen molar-refractivity contribution in [2.24, 2.45) is 0 Å². The first-order chi connectivity index (χ1) is 17.8. The standard InChI is InChI=1S/C34H66N2/c1-4-7-9-11-13-15-16-17-18-19-20-22-24-26-28-30-33(34-35-31-32-36(34)6-3)29-27-25-23-21-14-12-10-8-5-2/h31-33H,4-30H2,1-3H3/p+1/t33-/m0/s1. The Morgan fingerprint density at radius 2 is 0.833 bits per heavy atom. The van der Waals surface area contributed by atoms with Crippen LogP contribution in [0.4, 0.5) is 0 Å². The molecule has 1 aromatic rings. The van der Waals surface area contributed by atoms with Gasteiger partial charge in [0.05, 0.1) is 12.5 Å². The summed E-state index contributed by atoms with van der Waals surface area (Å²) in [6.07, 6.45) is 41.8. The largest absolute Gasteiger partial charge is 0.257 e. The summed E-state index contributed by atoms with van der Waals surface area (Å²) in [5.74, 6) is 2.22. The molecule has 0 aliphatic rings. The van der Waals surface area contributed by atoms with E-state index in [4.69, 9.17) is 0 Å². The van der Waals surface area contributed by atoms with Crippen LogP contribution in [0.5, 0.6) is 0 Å². The van der Waals surface area contributed by atoms with Gasteiger partial charge >= 0.3 is 0 Å². The molecule has 0 fully saturated rings. The van der Waals surface area contributed by atoms with Crippen LogP contribution in [0.3, 0.4) is 0 Å². The van der Waals surface area contributed by atoms with Crippen LogP contribution >= 0.6 is 0 Å². The maximum atomic E-state index is 3.60. The van der Waals surface area contributed by atoms with Crippen molar-refractivity contribution in [1.82, 2.24) is 4.98 Å². The Labute approximate surface area is 227 Å². The molecule has 0 aromatic carbocycles. The van der Waals surface area contributed by atoms with Gasteiger partial charge in [0.1, 0.15) is 12.4 Å². The van der Waals surface area contributed by atoms with E-state index in [1.807, 2.05) is 0 Å². The lowest BCUT2D eigenvalue weighted by atomic mass is 9.93. The number of imidazole rings is 1. The van der Waals surface area contributed by atoms with Gasteiger partial charge in [0.25, 0.3) is 5.82 Å². The summed E-state index contributed by atoms with van der Waals surface area (Å²) < 4.78 is 2.45. The number of rotatable bonds is 28. The Morgan fingerprint density at radius 3 is 1.17 bits per heavy atom. The summed E-state index contributed by atoms with van der Waals surface area (Å²) in [5.41, 5.74) is 0. The molecule has 0 spiro atoms. The molecular weight excluding hydrogens is 436 g/mol. The summed E-state index contributed by atoms with van der Waals surface area (Å²) in [6, 6.07) is 0. The second-order valence-corrected chi connectivity index (χ2v) is 11.7. The van der Waals surface area contributed by atoms with E-state index in [1.54, 1.807) is 0 Å². The van der Waals surface area contributed by atoms with Gasteiger partial charge in [-0.05, 0) is 19.8 Å². The van der Waals surface area contributed by atoms with Crippen molar-refractivity contribution in [2.75, 3.05) is 0 Å². The number of hydrogen-bond acceptors (Lipinski definition) is 0. The molecule has 1 heterocycles. The van der Waals surface area contributed by atoms with Gasteiger partial charge in [-0.1, -0.05) is 168 Å². The number of nitrogens with one attached hydrogen (secondary N) is 1. The SMILES string of the molecule is CCCCCCCCCCCCCCCCC[C@H](CCCCCCCCCCC)c1[nH]cc[n+]1CC.